The molecule has 0 saturated heterocycles. The minimum atomic E-state index is -0.259. The third-order valence-electron chi connectivity index (χ3n) is 4.62. The van der Waals surface area contributed by atoms with E-state index in [9.17, 15) is 9.18 Å². The quantitative estimate of drug-likeness (QED) is 0.677. The first-order chi connectivity index (χ1) is 12.7. The van der Waals surface area contributed by atoms with Gasteiger partial charge in [-0.15, -0.1) is 0 Å². The van der Waals surface area contributed by atoms with E-state index in [2.05, 4.69) is 5.10 Å². The molecule has 1 saturated carbocycles. The molecular weight excluding hydrogens is 329 g/mol. The fourth-order valence-electron chi connectivity index (χ4n) is 3.04. The first kappa shape index (κ1) is 16.5. The van der Waals surface area contributed by atoms with Crippen LogP contribution in [0.1, 0.15) is 34.3 Å². The molecule has 132 valence electrons. The van der Waals surface area contributed by atoms with Crippen molar-refractivity contribution < 1.29 is 9.18 Å². The molecule has 0 spiro atoms. The molecule has 1 heterocycles. The maximum atomic E-state index is 13.1. The molecule has 0 N–H and O–H groups in total. The van der Waals surface area contributed by atoms with Gasteiger partial charge in [0.25, 0.3) is 5.91 Å². The average molecular weight is 349 g/mol. The van der Waals surface area contributed by atoms with Crippen molar-refractivity contribution in [2.75, 3.05) is 0 Å². The zero-order valence-electron chi connectivity index (χ0n) is 14.4. The number of amides is 1. The molecule has 0 radical (unpaired) electrons. The molecule has 0 aliphatic heterocycles. The Morgan fingerprint density at radius 3 is 2.38 bits per heavy atom. The molecule has 1 amide bonds. The molecule has 2 aromatic carbocycles. The summed E-state index contributed by atoms with van der Waals surface area (Å²) in [7, 11) is 0. The van der Waals surface area contributed by atoms with Crippen molar-refractivity contribution in [3.63, 3.8) is 0 Å². The molecular formula is C21H20FN3O. The van der Waals surface area contributed by atoms with Crippen LogP contribution in [0.3, 0.4) is 0 Å². The van der Waals surface area contributed by atoms with Gasteiger partial charge in [0.2, 0.25) is 0 Å². The van der Waals surface area contributed by atoms with Gasteiger partial charge in [-0.05, 0) is 54.3 Å². The molecule has 1 aliphatic carbocycles. The van der Waals surface area contributed by atoms with E-state index >= 15 is 0 Å². The van der Waals surface area contributed by atoms with Crippen LogP contribution >= 0.6 is 0 Å². The molecule has 0 bridgehead atoms. The predicted molar refractivity (Wildman–Crippen MR) is 97.1 cm³/mol. The Morgan fingerprint density at radius 1 is 1.08 bits per heavy atom. The lowest BCUT2D eigenvalue weighted by atomic mass is 10.1. The Labute approximate surface area is 151 Å². The third kappa shape index (κ3) is 3.82. The molecule has 3 aromatic rings. The summed E-state index contributed by atoms with van der Waals surface area (Å²) in [6.45, 7) is 1.20. The van der Waals surface area contributed by atoms with E-state index in [1.54, 1.807) is 18.3 Å². The van der Waals surface area contributed by atoms with Crippen molar-refractivity contribution in [1.29, 1.82) is 0 Å². The zero-order valence-corrected chi connectivity index (χ0v) is 14.4. The number of rotatable bonds is 6. The highest BCUT2D eigenvalue weighted by Gasteiger charge is 2.33. The highest BCUT2D eigenvalue weighted by Crippen LogP contribution is 2.30. The largest absolute Gasteiger partial charge is 0.331 e. The summed E-state index contributed by atoms with van der Waals surface area (Å²) >= 11 is 0. The minimum absolute atomic E-state index is 0.0301. The van der Waals surface area contributed by atoms with Gasteiger partial charge in [-0.3, -0.25) is 9.48 Å². The Morgan fingerprint density at radius 2 is 1.77 bits per heavy atom. The number of hydrogen-bond donors (Lipinski definition) is 0. The van der Waals surface area contributed by atoms with Gasteiger partial charge in [0.15, 0.2) is 0 Å². The average Bonchev–Trinajstić information content (AvgIpc) is 3.38. The van der Waals surface area contributed by atoms with E-state index in [1.165, 1.54) is 12.1 Å². The topological polar surface area (TPSA) is 38.1 Å². The van der Waals surface area contributed by atoms with Crippen molar-refractivity contribution >= 4 is 5.91 Å². The maximum Gasteiger partial charge on any atom is 0.254 e. The van der Waals surface area contributed by atoms with E-state index in [0.29, 0.717) is 18.7 Å². The summed E-state index contributed by atoms with van der Waals surface area (Å²) in [4.78, 5) is 14.9. The van der Waals surface area contributed by atoms with E-state index in [1.807, 2.05) is 46.1 Å². The van der Waals surface area contributed by atoms with Crippen molar-refractivity contribution in [1.82, 2.24) is 14.7 Å². The van der Waals surface area contributed by atoms with Crippen molar-refractivity contribution in [3.05, 3.63) is 89.5 Å². The van der Waals surface area contributed by atoms with Crippen LogP contribution in [0.4, 0.5) is 4.39 Å². The lowest BCUT2D eigenvalue weighted by molar-refractivity contribution is 0.0730. The van der Waals surface area contributed by atoms with Gasteiger partial charge in [-0.1, -0.05) is 24.3 Å². The normalized spacial score (nSPS) is 13.6. The number of benzene rings is 2. The predicted octanol–water partition coefficient (Wildman–Crippen LogP) is 3.88. The third-order valence-corrected chi connectivity index (χ3v) is 4.62. The molecule has 1 fully saturated rings. The lowest BCUT2D eigenvalue weighted by Crippen LogP contribution is -2.32. The SMILES string of the molecule is O=C(c1ccc(Cn2cccn2)cc1)N(Cc1ccc(F)cc1)C1CC1. The van der Waals surface area contributed by atoms with Crippen molar-refractivity contribution in [3.8, 4) is 0 Å². The molecule has 5 heteroatoms. The Bertz CT molecular complexity index is 869. The molecule has 1 aliphatic rings. The van der Waals surface area contributed by atoms with E-state index in [4.69, 9.17) is 0 Å². The van der Waals surface area contributed by atoms with Gasteiger partial charge in [0.05, 0.1) is 6.54 Å². The second kappa shape index (κ2) is 7.12. The van der Waals surface area contributed by atoms with Gasteiger partial charge >= 0.3 is 0 Å². The Balaban J connectivity index is 1.47. The van der Waals surface area contributed by atoms with Crippen LogP contribution in [-0.2, 0) is 13.1 Å². The van der Waals surface area contributed by atoms with Crippen LogP contribution in [-0.4, -0.2) is 26.6 Å². The van der Waals surface area contributed by atoms with Crippen LogP contribution in [0.2, 0.25) is 0 Å². The number of halogens is 1. The molecule has 4 nitrogen and oxygen atoms in total. The first-order valence-corrected chi connectivity index (χ1v) is 8.81. The fourth-order valence-corrected chi connectivity index (χ4v) is 3.04. The standard InChI is InChI=1S/C21H20FN3O/c22-19-8-4-17(5-9-19)15-25(20-10-11-20)21(26)18-6-2-16(3-7-18)14-24-13-1-12-23-24/h1-9,12-13,20H,10-11,14-15H2. The highest BCUT2D eigenvalue weighted by molar-refractivity contribution is 5.94. The van der Waals surface area contributed by atoms with Gasteiger partial charge in [0, 0.05) is 30.5 Å². The lowest BCUT2D eigenvalue weighted by Gasteiger charge is -2.23. The molecule has 4 rings (SSSR count). The number of hydrogen-bond acceptors (Lipinski definition) is 2. The van der Waals surface area contributed by atoms with E-state index < -0.39 is 0 Å². The van der Waals surface area contributed by atoms with Gasteiger partial charge in [0.1, 0.15) is 5.82 Å². The number of carbonyl (C=O) groups excluding carboxylic acids is 1. The van der Waals surface area contributed by atoms with Crippen LogP contribution in [0.5, 0.6) is 0 Å². The number of carbonyl (C=O) groups is 1. The summed E-state index contributed by atoms with van der Waals surface area (Å²) < 4.78 is 15.0. The van der Waals surface area contributed by atoms with Gasteiger partial charge < -0.3 is 4.90 Å². The number of nitrogens with zero attached hydrogens (tertiary/aromatic N) is 3. The van der Waals surface area contributed by atoms with Crippen LogP contribution in [0.15, 0.2) is 67.0 Å². The molecule has 1 aromatic heterocycles. The van der Waals surface area contributed by atoms with Crippen molar-refractivity contribution in [2.45, 2.75) is 32.0 Å². The molecule has 0 atom stereocenters. The summed E-state index contributed by atoms with van der Waals surface area (Å²) in [6, 6.07) is 16.2. The summed E-state index contributed by atoms with van der Waals surface area (Å²) in [5.41, 5.74) is 2.73. The minimum Gasteiger partial charge on any atom is -0.331 e. The van der Waals surface area contributed by atoms with E-state index in [-0.39, 0.29) is 17.8 Å². The van der Waals surface area contributed by atoms with Gasteiger partial charge in [-0.2, -0.15) is 5.10 Å². The van der Waals surface area contributed by atoms with Crippen LogP contribution in [0.25, 0.3) is 0 Å². The summed E-state index contributed by atoms with van der Waals surface area (Å²) in [5.74, 6) is -0.228. The smallest absolute Gasteiger partial charge is 0.254 e. The second-order valence-electron chi connectivity index (χ2n) is 6.69. The zero-order chi connectivity index (χ0) is 17.9. The monoisotopic (exact) mass is 349 g/mol. The van der Waals surface area contributed by atoms with Crippen molar-refractivity contribution in [2.24, 2.45) is 0 Å². The molecule has 26 heavy (non-hydrogen) atoms. The summed E-state index contributed by atoms with van der Waals surface area (Å²) in [6.07, 6.45) is 5.73. The fraction of sp³-hybridized carbons (Fsp3) is 0.238. The Kier molecular flexibility index (Phi) is 4.52. The maximum absolute atomic E-state index is 13.1. The first-order valence-electron chi connectivity index (χ1n) is 8.81. The van der Waals surface area contributed by atoms with Gasteiger partial charge in [-0.25, -0.2) is 4.39 Å². The Hall–Kier alpha value is -2.95. The van der Waals surface area contributed by atoms with E-state index in [0.717, 1.165) is 24.0 Å². The highest BCUT2D eigenvalue weighted by atomic mass is 19.1. The van der Waals surface area contributed by atoms with Crippen LogP contribution in [0, 0.1) is 5.82 Å². The van der Waals surface area contributed by atoms with Crippen LogP contribution < -0.4 is 0 Å². The second-order valence-corrected chi connectivity index (χ2v) is 6.69. The molecule has 0 unspecified atom stereocenters. The number of aromatic nitrogens is 2. The summed E-state index contributed by atoms with van der Waals surface area (Å²) in [5, 5.41) is 4.20.